The molecule has 0 saturated heterocycles. The largest absolute Gasteiger partial charge is 0.360 e. The minimum atomic E-state index is -0.502. The lowest BCUT2D eigenvalue weighted by Gasteiger charge is -2.13. The van der Waals surface area contributed by atoms with Gasteiger partial charge in [-0.1, -0.05) is 53.5 Å². The summed E-state index contributed by atoms with van der Waals surface area (Å²) in [5.74, 6) is -0.502. The molecule has 4 aromatic rings. The highest BCUT2D eigenvalue weighted by atomic mass is 35.5. The summed E-state index contributed by atoms with van der Waals surface area (Å²) >= 11 is 12.4. The number of hydrogen-bond acceptors (Lipinski definition) is 2. The summed E-state index contributed by atoms with van der Waals surface area (Å²) in [4.78, 5) is 28.5. The van der Waals surface area contributed by atoms with Crippen LogP contribution in [-0.2, 0) is 0 Å². The highest BCUT2D eigenvalue weighted by molar-refractivity contribution is 6.35. The molecule has 2 N–H and O–H groups in total. The standard InChI is InChI=1S/C22H14Cl2N2O2/c23-13-9-10-18(24)16(11-13)14-5-1-4-8-20(14)26-22(28)17-12-25-19-7-3-2-6-15(19)21(17)27/h1-12H,(H,25,27)(H,26,28). The summed E-state index contributed by atoms with van der Waals surface area (Å²) in [5, 5.41) is 4.32. The number of aromatic nitrogens is 1. The van der Waals surface area contributed by atoms with E-state index in [1.165, 1.54) is 6.20 Å². The lowest BCUT2D eigenvalue weighted by atomic mass is 10.0. The van der Waals surface area contributed by atoms with Crippen LogP contribution in [0.4, 0.5) is 5.69 Å². The van der Waals surface area contributed by atoms with Gasteiger partial charge in [-0.05, 0) is 36.4 Å². The van der Waals surface area contributed by atoms with Crippen LogP contribution >= 0.6 is 23.2 Å². The molecule has 0 unspecified atom stereocenters. The average molecular weight is 409 g/mol. The Morgan fingerprint density at radius 3 is 2.50 bits per heavy atom. The summed E-state index contributed by atoms with van der Waals surface area (Å²) < 4.78 is 0. The predicted molar refractivity (Wildman–Crippen MR) is 114 cm³/mol. The Hall–Kier alpha value is -3.08. The Morgan fingerprint density at radius 1 is 0.893 bits per heavy atom. The Labute approximate surface area is 170 Å². The number of hydrogen-bond donors (Lipinski definition) is 2. The molecule has 0 spiro atoms. The number of rotatable bonds is 3. The SMILES string of the molecule is O=C(Nc1ccccc1-c1cc(Cl)ccc1Cl)c1c[nH]c2ccccc2c1=O. The summed E-state index contributed by atoms with van der Waals surface area (Å²) in [6, 6.07) is 19.4. The topological polar surface area (TPSA) is 62.0 Å². The summed E-state index contributed by atoms with van der Waals surface area (Å²) in [6.07, 6.45) is 1.43. The number of aromatic amines is 1. The van der Waals surface area contributed by atoms with Gasteiger partial charge in [-0.15, -0.1) is 0 Å². The third-order valence-corrected chi connectivity index (χ3v) is 4.99. The van der Waals surface area contributed by atoms with Crippen molar-refractivity contribution in [3.63, 3.8) is 0 Å². The first kappa shape index (κ1) is 18.3. The molecule has 0 atom stereocenters. The van der Waals surface area contributed by atoms with Gasteiger partial charge in [0.2, 0.25) is 5.43 Å². The average Bonchev–Trinajstić information content (AvgIpc) is 2.71. The molecule has 0 bridgehead atoms. The van der Waals surface area contributed by atoms with Gasteiger partial charge in [0.1, 0.15) is 5.56 Å². The van der Waals surface area contributed by atoms with Gasteiger partial charge in [0.15, 0.2) is 0 Å². The van der Waals surface area contributed by atoms with E-state index in [0.717, 1.165) is 0 Å². The van der Waals surface area contributed by atoms with Gasteiger partial charge in [-0.2, -0.15) is 0 Å². The monoisotopic (exact) mass is 408 g/mol. The van der Waals surface area contributed by atoms with E-state index in [0.29, 0.717) is 37.8 Å². The second kappa shape index (κ2) is 7.50. The van der Waals surface area contributed by atoms with Crippen molar-refractivity contribution < 1.29 is 4.79 Å². The number of carbonyl (C=O) groups excluding carboxylic acids is 1. The van der Waals surface area contributed by atoms with E-state index < -0.39 is 5.91 Å². The molecule has 0 aliphatic heterocycles. The maximum atomic E-state index is 12.8. The van der Waals surface area contributed by atoms with Gasteiger partial charge < -0.3 is 10.3 Å². The molecule has 4 rings (SSSR count). The highest BCUT2D eigenvalue weighted by Gasteiger charge is 2.16. The van der Waals surface area contributed by atoms with Crippen LogP contribution in [0.25, 0.3) is 22.0 Å². The molecule has 0 aliphatic rings. The number of fused-ring (bicyclic) bond motifs is 1. The number of pyridine rings is 1. The van der Waals surface area contributed by atoms with E-state index in [1.807, 2.05) is 18.2 Å². The second-order valence-corrected chi connectivity index (χ2v) is 7.04. The molecule has 1 heterocycles. The van der Waals surface area contributed by atoms with Gasteiger partial charge >= 0.3 is 0 Å². The minimum Gasteiger partial charge on any atom is -0.360 e. The van der Waals surface area contributed by atoms with Gasteiger partial charge in [-0.25, -0.2) is 0 Å². The molecule has 0 saturated carbocycles. The number of halogens is 2. The molecule has 0 aliphatic carbocycles. The number of anilines is 1. The lowest BCUT2D eigenvalue weighted by Crippen LogP contribution is -2.22. The van der Waals surface area contributed by atoms with Crippen LogP contribution in [0.3, 0.4) is 0 Å². The maximum absolute atomic E-state index is 12.8. The van der Waals surface area contributed by atoms with E-state index in [1.54, 1.807) is 48.5 Å². The zero-order valence-corrected chi connectivity index (χ0v) is 16.0. The van der Waals surface area contributed by atoms with E-state index in [4.69, 9.17) is 23.2 Å². The molecular weight excluding hydrogens is 395 g/mol. The first-order valence-corrected chi connectivity index (χ1v) is 9.26. The predicted octanol–water partition coefficient (Wildman–Crippen LogP) is 5.75. The third kappa shape index (κ3) is 3.40. The first-order chi connectivity index (χ1) is 13.5. The second-order valence-electron chi connectivity index (χ2n) is 6.20. The smallest absolute Gasteiger partial charge is 0.261 e. The van der Waals surface area contributed by atoms with E-state index in [-0.39, 0.29) is 11.0 Å². The summed E-state index contributed by atoms with van der Waals surface area (Å²) in [7, 11) is 0. The number of benzene rings is 3. The van der Waals surface area contributed by atoms with Gasteiger partial charge in [0, 0.05) is 44.0 Å². The molecular formula is C22H14Cl2N2O2. The molecule has 138 valence electrons. The van der Waals surface area contributed by atoms with Gasteiger partial charge in [0.05, 0.1) is 0 Å². The van der Waals surface area contributed by atoms with Crippen molar-refractivity contribution >= 4 is 45.7 Å². The quantitative estimate of drug-likeness (QED) is 0.452. The fourth-order valence-electron chi connectivity index (χ4n) is 3.06. The lowest BCUT2D eigenvalue weighted by molar-refractivity contribution is 0.102. The number of amides is 1. The Balaban J connectivity index is 1.75. The van der Waals surface area contributed by atoms with E-state index in [9.17, 15) is 9.59 Å². The normalized spacial score (nSPS) is 10.8. The Bertz CT molecular complexity index is 1260. The number of nitrogens with one attached hydrogen (secondary N) is 2. The fraction of sp³-hybridized carbons (Fsp3) is 0. The van der Waals surface area contributed by atoms with Crippen molar-refractivity contribution in [2.75, 3.05) is 5.32 Å². The third-order valence-electron chi connectivity index (χ3n) is 4.43. The Kier molecular flexibility index (Phi) is 4.90. The number of H-pyrrole nitrogens is 1. The number of para-hydroxylation sites is 2. The van der Waals surface area contributed by atoms with Crippen molar-refractivity contribution in [1.82, 2.24) is 4.98 Å². The molecule has 28 heavy (non-hydrogen) atoms. The molecule has 3 aromatic carbocycles. The molecule has 0 radical (unpaired) electrons. The van der Waals surface area contributed by atoms with Crippen LogP contribution in [0.2, 0.25) is 10.0 Å². The van der Waals surface area contributed by atoms with Crippen LogP contribution in [0, 0.1) is 0 Å². The van der Waals surface area contributed by atoms with E-state index >= 15 is 0 Å². The number of carbonyl (C=O) groups is 1. The van der Waals surface area contributed by atoms with E-state index in [2.05, 4.69) is 10.3 Å². The first-order valence-electron chi connectivity index (χ1n) is 8.51. The van der Waals surface area contributed by atoms with Crippen LogP contribution in [0.5, 0.6) is 0 Å². The summed E-state index contributed by atoms with van der Waals surface area (Å²) in [5.41, 5.74) is 2.31. The van der Waals surface area contributed by atoms with Crippen molar-refractivity contribution in [2.24, 2.45) is 0 Å². The molecule has 1 aromatic heterocycles. The molecule has 0 fully saturated rings. The van der Waals surface area contributed by atoms with Crippen molar-refractivity contribution in [3.05, 3.63) is 98.8 Å². The van der Waals surface area contributed by atoms with Crippen LogP contribution in [0.15, 0.2) is 77.7 Å². The van der Waals surface area contributed by atoms with Crippen molar-refractivity contribution in [3.8, 4) is 11.1 Å². The molecule has 4 nitrogen and oxygen atoms in total. The molecule has 1 amide bonds. The molecule has 6 heteroatoms. The van der Waals surface area contributed by atoms with Crippen LogP contribution in [-0.4, -0.2) is 10.9 Å². The van der Waals surface area contributed by atoms with Crippen molar-refractivity contribution in [1.29, 1.82) is 0 Å². The maximum Gasteiger partial charge on any atom is 0.261 e. The van der Waals surface area contributed by atoms with Crippen molar-refractivity contribution in [2.45, 2.75) is 0 Å². The van der Waals surface area contributed by atoms with Gasteiger partial charge in [0.25, 0.3) is 5.91 Å². The van der Waals surface area contributed by atoms with Crippen LogP contribution in [0.1, 0.15) is 10.4 Å². The Morgan fingerprint density at radius 2 is 1.64 bits per heavy atom. The minimum absolute atomic E-state index is 0.0331. The van der Waals surface area contributed by atoms with Gasteiger partial charge in [-0.3, -0.25) is 9.59 Å². The highest BCUT2D eigenvalue weighted by Crippen LogP contribution is 2.35. The fourth-order valence-corrected chi connectivity index (χ4v) is 3.45. The zero-order valence-electron chi connectivity index (χ0n) is 14.5. The zero-order chi connectivity index (χ0) is 19.7. The van der Waals surface area contributed by atoms with Crippen LogP contribution < -0.4 is 10.7 Å². The summed E-state index contributed by atoms with van der Waals surface area (Å²) in [6.45, 7) is 0.